The van der Waals surface area contributed by atoms with Crippen LogP contribution in [0.2, 0.25) is 0 Å². The maximum absolute atomic E-state index is 9.96. The molecule has 0 saturated heterocycles. The van der Waals surface area contributed by atoms with Gasteiger partial charge in [-0.2, -0.15) is 0 Å². The van der Waals surface area contributed by atoms with E-state index in [2.05, 4.69) is 20.5 Å². The first-order valence-corrected chi connectivity index (χ1v) is 6.37. The van der Waals surface area contributed by atoms with Gasteiger partial charge < -0.3 is 18.9 Å². The number of rotatable bonds is 7. The molecule has 0 aromatic carbocycles. The number of unbranched alkanes of at least 4 members (excludes halogenated alkanes) is 3. The molecule has 8 heteroatoms. The average Bonchev–Trinajstić information content (AvgIpc) is 1.94. The molecule has 0 aliphatic heterocycles. The third kappa shape index (κ3) is 21.2. The largest absolute Gasteiger partial charge is 1.00 e. The van der Waals surface area contributed by atoms with E-state index in [0.717, 1.165) is 24.6 Å². The van der Waals surface area contributed by atoms with Crippen LogP contribution < -0.4 is 113 Å². The maximum atomic E-state index is 9.96. The van der Waals surface area contributed by atoms with Crippen LogP contribution in [0.5, 0.6) is 0 Å². The second kappa shape index (κ2) is 14.9. The van der Waals surface area contributed by atoms with Crippen LogP contribution >= 0.6 is 23.8 Å². The van der Waals surface area contributed by atoms with Crippen molar-refractivity contribution in [3.05, 3.63) is 0 Å². The molecule has 0 rings (SSSR count). The Kier molecular flexibility index (Phi) is 24.5. The average molecular weight is 337 g/mol. The summed E-state index contributed by atoms with van der Waals surface area (Å²) in [7, 11) is -4.73. The van der Waals surface area contributed by atoms with Crippen LogP contribution in [0.4, 0.5) is 0 Å². The molecule has 0 radical (unpaired) electrons. The molecule has 0 aromatic rings. The molecule has 14 heavy (non-hydrogen) atoms. The van der Waals surface area contributed by atoms with Crippen molar-refractivity contribution < 1.29 is 122 Å². The van der Waals surface area contributed by atoms with Crippen molar-refractivity contribution in [3.8, 4) is 0 Å². The Labute approximate surface area is 179 Å². The molecule has 0 unspecified atom stereocenters. The molecular formula is C6H12BrK2O4P. The minimum atomic E-state index is -4.73. The van der Waals surface area contributed by atoms with Crippen LogP contribution in [-0.2, 0) is 9.09 Å². The topological polar surface area (TPSA) is 72.4 Å². The van der Waals surface area contributed by atoms with Crippen molar-refractivity contribution in [3.63, 3.8) is 0 Å². The van der Waals surface area contributed by atoms with Crippen molar-refractivity contribution >= 4 is 23.8 Å². The van der Waals surface area contributed by atoms with E-state index in [1.165, 1.54) is 0 Å². The quantitative estimate of drug-likeness (QED) is 0.202. The number of alkyl halides is 1. The van der Waals surface area contributed by atoms with Gasteiger partial charge >= 0.3 is 103 Å². The van der Waals surface area contributed by atoms with E-state index in [-0.39, 0.29) is 109 Å². The first kappa shape index (κ1) is 23.0. The normalized spacial score (nSPS) is 10.2. The van der Waals surface area contributed by atoms with Gasteiger partial charge in [0.05, 0.1) is 14.4 Å². The number of phosphoric ester groups is 1. The first-order valence-electron chi connectivity index (χ1n) is 3.79. The molecule has 0 amide bonds. The second-order valence-electron chi connectivity index (χ2n) is 2.38. The van der Waals surface area contributed by atoms with Gasteiger partial charge in [-0.25, -0.2) is 0 Å². The van der Waals surface area contributed by atoms with E-state index in [1.807, 2.05) is 0 Å². The molecule has 0 aliphatic carbocycles. The van der Waals surface area contributed by atoms with Gasteiger partial charge in [0.15, 0.2) is 0 Å². The fourth-order valence-electron chi connectivity index (χ4n) is 0.726. The van der Waals surface area contributed by atoms with Gasteiger partial charge in [0, 0.05) is 5.33 Å². The van der Waals surface area contributed by atoms with Gasteiger partial charge in [0.2, 0.25) is 0 Å². The molecule has 0 heterocycles. The maximum Gasteiger partial charge on any atom is 1.00 e. The van der Waals surface area contributed by atoms with Crippen molar-refractivity contribution in [2.75, 3.05) is 11.9 Å². The fraction of sp³-hybridized carbons (Fsp3) is 1.00. The van der Waals surface area contributed by atoms with Crippen LogP contribution in [0.25, 0.3) is 0 Å². The summed E-state index contributed by atoms with van der Waals surface area (Å²) in [6.45, 7) is 0.0204. The zero-order valence-electron chi connectivity index (χ0n) is 8.70. The number of phosphoric acid groups is 1. The Morgan fingerprint density at radius 2 is 1.57 bits per heavy atom. The predicted octanol–water partition coefficient (Wildman–Crippen LogP) is -5.20. The molecule has 0 bridgehead atoms. The van der Waals surface area contributed by atoms with E-state index in [1.54, 1.807) is 0 Å². The van der Waals surface area contributed by atoms with Crippen LogP contribution in [-0.4, -0.2) is 11.9 Å². The minimum absolute atomic E-state index is 0. The molecule has 4 nitrogen and oxygen atoms in total. The van der Waals surface area contributed by atoms with E-state index < -0.39 is 7.82 Å². The van der Waals surface area contributed by atoms with Gasteiger partial charge in [0.1, 0.15) is 0 Å². The van der Waals surface area contributed by atoms with Crippen LogP contribution in [0.1, 0.15) is 25.7 Å². The van der Waals surface area contributed by atoms with Crippen molar-refractivity contribution in [2.45, 2.75) is 25.7 Å². The summed E-state index contributed by atoms with van der Waals surface area (Å²) in [6, 6.07) is 0. The van der Waals surface area contributed by atoms with Gasteiger partial charge in [0.25, 0.3) is 0 Å². The van der Waals surface area contributed by atoms with Gasteiger partial charge in [-0.3, -0.25) is 0 Å². The Bertz CT molecular complexity index is 155. The summed E-state index contributed by atoms with van der Waals surface area (Å²) in [6.07, 6.45) is 3.61. The number of hydrogen-bond acceptors (Lipinski definition) is 4. The molecular weight excluding hydrogens is 325 g/mol. The summed E-state index contributed by atoms with van der Waals surface area (Å²) >= 11 is 3.27. The third-order valence-electron chi connectivity index (χ3n) is 1.28. The zero-order valence-corrected chi connectivity index (χ0v) is 17.4. The third-order valence-corrected chi connectivity index (χ3v) is 2.34. The summed E-state index contributed by atoms with van der Waals surface area (Å²) < 4.78 is 14.0. The second-order valence-corrected chi connectivity index (χ2v) is 4.33. The van der Waals surface area contributed by atoms with Gasteiger partial charge in [-0.1, -0.05) is 28.8 Å². The molecule has 74 valence electrons. The molecule has 0 spiro atoms. The van der Waals surface area contributed by atoms with Gasteiger partial charge in [-0.15, -0.1) is 0 Å². The number of hydrogen-bond donors (Lipinski definition) is 0. The monoisotopic (exact) mass is 336 g/mol. The molecule has 0 fully saturated rings. The van der Waals surface area contributed by atoms with E-state index >= 15 is 0 Å². The van der Waals surface area contributed by atoms with Crippen molar-refractivity contribution in [2.24, 2.45) is 0 Å². The van der Waals surface area contributed by atoms with E-state index in [0.29, 0.717) is 6.42 Å². The molecule has 0 N–H and O–H groups in total. The van der Waals surface area contributed by atoms with E-state index in [9.17, 15) is 14.4 Å². The first-order chi connectivity index (χ1) is 5.56. The van der Waals surface area contributed by atoms with Crippen molar-refractivity contribution in [1.29, 1.82) is 0 Å². The summed E-state index contributed by atoms with van der Waals surface area (Å²) in [5.74, 6) is 0. The van der Waals surface area contributed by atoms with Gasteiger partial charge in [-0.05, 0) is 12.8 Å². The summed E-state index contributed by atoms with van der Waals surface area (Å²) in [5.41, 5.74) is 0. The van der Waals surface area contributed by atoms with Crippen molar-refractivity contribution in [1.82, 2.24) is 0 Å². The Balaban J connectivity index is -0.000000605. The summed E-state index contributed by atoms with van der Waals surface area (Å²) in [4.78, 5) is 19.9. The van der Waals surface area contributed by atoms with E-state index in [4.69, 9.17) is 0 Å². The Morgan fingerprint density at radius 3 is 2.00 bits per heavy atom. The Hall–Kier alpha value is 3.86. The predicted molar refractivity (Wildman–Crippen MR) is 45.8 cm³/mol. The molecule has 0 saturated carbocycles. The van der Waals surface area contributed by atoms with Crippen LogP contribution in [0.15, 0.2) is 0 Å². The zero-order chi connectivity index (χ0) is 9.45. The smallest absolute Gasteiger partial charge is 0.790 e. The van der Waals surface area contributed by atoms with Crippen LogP contribution in [0, 0.1) is 0 Å². The SMILES string of the molecule is O=P([O-])([O-])OCCCCCCBr.[K+].[K+]. The standard InChI is InChI=1S/C6H14BrO4P.2K/c7-5-3-1-2-4-6-11-12(8,9)10;;/h1-6H2,(H2,8,9,10);;/q;2*+1/p-2. The minimum Gasteiger partial charge on any atom is -0.790 e. The molecule has 0 aromatic heterocycles. The molecule has 0 aliphatic rings. The summed E-state index contributed by atoms with van der Waals surface area (Å²) in [5, 5.41) is 0.954. The fourth-order valence-corrected chi connectivity index (χ4v) is 1.48. The Morgan fingerprint density at radius 1 is 1.07 bits per heavy atom. The van der Waals surface area contributed by atoms with Crippen LogP contribution in [0.3, 0.4) is 0 Å². The molecule has 0 atom stereocenters. The number of halogens is 1.